The molecule has 0 fully saturated rings. The molecule has 0 aliphatic rings. The van der Waals surface area contributed by atoms with E-state index in [1.54, 1.807) is 0 Å². The predicted octanol–water partition coefficient (Wildman–Crippen LogP) is 16.2. The third kappa shape index (κ3) is 50.1. The summed E-state index contributed by atoms with van der Waals surface area (Å²) in [5, 5.41) is 0. The van der Waals surface area contributed by atoms with Crippen LogP contribution in [0.15, 0.2) is 12.2 Å². The van der Waals surface area contributed by atoms with Gasteiger partial charge in [0.2, 0.25) is 0 Å². The first kappa shape index (κ1) is 60.2. The summed E-state index contributed by atoms with van der Waals surface area (Å²) >= 11 is 0. The number of carbonyl (C=O) groups excluding carboxylic acids is 1. The molecule has 0 aliphatic carbocycles. The van der Waals surface area contributed by atoms with Gasteiger partial charge < -0.3 is 18.9 Å². The lowest BCUT2D eigenvalue weighted by Gasteiger charge is -2.24. The van der Waals surface area contributed by atoms with Crippen molar-refractivity contribution >= 4 is 13.8 Å². The average Bonchev–Trinajstić information content (AvgIpc) is 3.22. The fourth-order valence-electron chi connectivity index (χ4n) is 7.73. The Bertz CT molecular complexity index is 987. The van der Waals surface area contributed by atoms with E-state index in [4.69, 9.17) is 18.5 Å². The molecule has 0 saturated heterocycles. The largest absolute Gasteiger partial charge is 0.472 e. The molecule has 9 heteroatoms. The lowest BCUT2D eigenvalue weighted by atomic mass is 10.0. The van der Waals surface area contributed by atoms with E-state index in [0.717, 1.165) is 32.1 Å². The molecule has 0 aromatic carbocycles. The second-order valence-electron chi connectivity index (χ2n) is 19.3. The number of unbranched alkanes of at least 4 members (excludes halogenated alkanes) is 34. The summed E-state index contributed by atoms with van der Waals surface area (Å²) in [6.45, 7) is 5.68. The number of rotatable bonds is 50. The Labute approximate surface area is 380 Å². The van der Waals surface area contributed by atoms with Crippen molar-refractivity contribution in [2.75, 3.05) is 54.1 Å². The quantitative estimate of drug-likeness (QED) is 0.0214. The fraction of sp³-hybridized carbons (Fsp3) is 0.942. The molecular weight excluding hydrogens is 782 g/mol. The smallest absolute Gasteiger partial charge is 0.457 e. The van der Waals surface area contributed by atoms with Gasteiger partial charge >= 0.3 is 13.8 Å². The van der Waals surface area contributed by atoms with Crippen molar-refractivity contribution in [1.29, 1.82) is 0 Å². The summed E-state index contributed by atoms with van der Waals surface area (Å²) < 4.78 is 35.2. The summed E-state index contributed by atoms with van der Waals surface area (Å²) in [7, 11) is 1.68. The Morgan fingerprint density at radius 1 is 0.492 bits per heavy atom. The van der Waals surface area contributed by atoms with E-state index < -0.39 is 13.9 Å². The second kappa shape index (κ2) is 45.8. The van der Waals surface area contributed by atoms with Crippen LogP contribution in [0.4, 0.5) is 0 Å². The zero-order valence-electron chi connectivity index (χ0n) is 41.4. The number of esters is 1. The number of quaternary nitrogens is 1. The Balaban J connectivity index is 4.09. The number of phosphoric acid groups is 1. The van der Waals surface area contributed by atoms with Crippen LogP contribution in [0.5, 0.6) is 0 Å². The highest BCUT2D eigenvalue weighted by Crippen LogP contribution is 2.43. The summed E-state index contributed by atoms with van der Waals surface area (Å²) in [5.74, 6) is -0.307. The Morgan fingerprint density at radius 2 is 0.852 bits per heavy atom. The number of hydrogen-bond acceptors (Lipinski definition) is 6. The number of allylic oxidation sites excluding steroid dienone is 2. The first-order valence-corrected chi connectivity index (χ1v) is 27.9. The van der Waals surface area contributed by atoms with Gasteiger partial charge in [-0.1, -0.05) is 225 Å². The molecule has 61 heavy (non-hydrogen) atoms. The van der Waals surface area contributed by atoms with Crippen LogP contribution in [0.3, 0.4) is 0 Å². The number of hydrogen-bond donors (Lipinski definition) is 1. The first-order valence-electron chi connectivity index (χ1n) is 26.4. The normalized spacial score (nSPS) is 13.6. The van der Waals surface area contributed by atoms with Crippen molar-refractivity contribution in [1.82, 2.24) is 0 Å². The molecule has 1 N–H and O–H groups in total. The Hall–Kier alpha value is -0.760. The summed E-state index contributed by atoms with van der Waals surface area (Å²) in [6.07, 6.45) is 52.5. The van der Waals surface area contributed by atoms with E-state index >= 15 is 0 Å². The van der Waals surface area contributed by atoms with Crippen LogP contribution in [0, 0.1) is 0 Å². The summed E-state index contributed by atoms with van der Waals surface area (Å²) in [6, 6.07) is 0. The zero-order valence-corrected chi connectivity index (χ0v) is 42.3. The number of phosphoric ester groups is 1. The average molecular weight is 887 g/mol. The molecule has 0 rings (SSSR count). The molecule has 0 amide bonds. The SMILES string of the molecule is CCCCCCCC/C=C\CCCCCCCCCCCCOCC(COP(=O)(O)OCC[N+](C)(C)C)OC(=O)CCCCCCCCCCCCCCCCCCCCC. The maximum Gasteiger partial charge on any atom is 0.472 e. The maximum absolute atomic E-state index is 12.8. The number of carbonyl (C=O) groups is 1. The van der Waals surface area contributed by atoms with Gasteiger partial charge in [0.05, 0.1) is 34.4 Å². The fourth-order valence-corrected chi connectivity index (χ4v) is 8.47. The minimum absolute atomic E-state index is 0.0922. The van der Waals surface area contributed by atoms with Crippen molar-refractivity contribution < 1.29 is 37.3 Å². The van der Waals surface area contributed by atoms with Crippen molar-refractivity contribution in [2.45, 2.75) is 264 Å². The lowest BCUT2D eigenvalue weighted by Crippen LogP contribution is -2.37. The molecule has 364 valence electrons. The molecule has 0 radical (unpaired) electrons. The van der Waals surface area contributed by atoms with Crippen molar-refractivity contribution in [3.63, 3.8) is 0 Å². The van der Waals surface area contributed by atoms with Crippen LogP contribution in [-0.2, 0) is 27.9 Å². The topological polar surface area (TPSA) is 91.3 Å². The van der Waals surface area contributed by atoms with Crippen molar-refractivity contribution in [2.24, 2.45) is 0 Å². The van der Waals surface area contributed by atoms with Gasteiger partial charge in [0, 0.05) is 13.0 Å². The highest BCUT2D eigenvalue weighted by atomic mass is 31.2. The van der Waals surface area contributed by atoms with Crippen LogP contribution < -0.4 is 0 Å². The van der Waals surface area contributed by atoms with Crippen LogP contribution in [0.2, 0.25) is 0 Å². The van der Waals surface area contributed by atoms with Crippen LogP contribution in [0.1, 0.15) is 258 Å². The number of ether oxygens (including phenoxy) is 2. The highest BCUT2D eigenvalue weighted by Gasteiger charge is 2.26. The van der Waals surface area contributed by atoms with Crippen LogP contribution in [0.25, 0.3) is 0 Å². The third-order valence-corrected chi connectivity index (χ3v) is 12.8. The minimum atomic E-state index is -4.28. The molecule has 0 aromatic rings. The van der Waals surface area contributed by atoms with E-state index in [1.165, 1.54) is 205 Å². The standard InChI is InChI=1S/C52H104NO7P/c1-6-8-10-12-14-16-18-20-22-24-26-28-30-32-34-36-38-40-42-44-47-57-49-51(50-59-61(55,56)58-48-46-53(3,4)5)60-52(54)45-43-41-39-37-35-33-31-29-27-25-23-21-19-17-15-13-11-9-7-2/h20,22,51H,6-19,21,23-50H2,1-5H3/p+1/b22-20-. The van der Waals surface area contributed by atoms with Gasteiger partial charge in [-0.2, -0.15) is 0 Å². The van der Waals surface area contributed by atoms with Gasteiger partial charge in [-0.05, 0) is 38.5 Å². The maximum atomic E-state index is 12.8. The molecule has 2 unspecified atom stereocenters. The van der Waals surface area contributed by atoms with Gasteiger partial charge in [0.15, 0.2) is 0 Å². The van der Waals surface area contributed by atoms with Crippen molar-refractivity contribution in [3.05, 3.63) is 12.2 Å². The van der Waals surface area contributed by atoms with Gasteiger partial charge in [-0.3, -0.25) is 13.8 Å². The second-order valence-corrected chi connectivity index (χ2v) is 20.7. The Morgan fingerprint density at radius 3 is 1.25 bits per heavy atom. The van der Waals surface area contributed by atoms with Crippen molar-refractivity contribution in [3.8, 4) is 0 Å². The molecule has 0 aliphatic heterocycles. The van der Waals surface area contributed by atoms with Crippen LogP contribution >= 0.6 is 7.82 Å². The monoisotopic (exact) mass is 887 g/mol. The molecule has 0 heterocycles. The van der Waals surface area contributed by atoms with Gasteiger partial charge in [0.25, 0.3) is 0 Å². The van der Waals surface area contributed by atoms with E-state index in [9.17, 15) is 14.3 Å². The molecule has 8 nitrogen and oxygen atoms in total. The number of likely N-dealkylation sites (N-methyl/N-ethyl adjacent to an activating group) is 1. The Kier molecular flexibility index (Phi) is 45.2. The van der Waals surface area contributed by atoms with E-state index in [0.29, 0.717) is 24.1 Å². The third-order valence-electron chi connectivity index (χ3n) is 11.8. The molecule has 0 aromatic heterocycles. The van der Waals surface area contributed by atoms with Gasteiger partial charge in [-0.25, -0.2) is 4.57 Å². The first-order chi connectivity index (χ1) is 29.6. The van der Waals surface area contributed by atoms with Crippen LogP contribution in [-0.4, -0.2) is 75.6 Å². The summed E-state index contributed by atoms with van der Waals surface area (Å²) in [4.78, 5) is 23.0. The molecule has 0 saturated carbocycles. The zero-order chi connectivity index (χ0) is 44.8. The van der Waals surface area contributed by atoms with E-state index in [2.05, 4.69) is 26.0 Å². The summed E-state index contributed by atoms with van der Waals surface area (Å²) in [5.41, 5.74) is 0. The number of nitrogens with zero attached hydrogens (tertiary/aromatic N) is 1. The molecule has 0 bridgehead atoms. The van der Waals surface area contributed by atoms with Gasteiger partial charge in [0.1, 0.15) is 19.3 Å². The van der Waals surface area contributed by atoms with E-state index in [1.807, 2.05) is 21.1 Å². The molecule has 0 spiro atoms. The van der Waals surface area contributed by atoms with Gasteiger partial charge in [-0.15, -0.1) is 0 Å². The molecular formula is C52H105NO7P+. The lowest BCUT2D eigenvalue weighted by molar-refractivity contribution is -0.870. The van der Waals surface area contributed by atoms with E-state index in [-0.39, 0.29) is 25.8 Å². The minimum Gasteiger partial charge on any atom is -0.457 e. The highest BCUT2D eigenvalue weighted by molar-refractivity contribution is 7.47. The molecule has 2 atom stereocenters. The predicted molar refractivity (Wildman–Crippen MR) is 261 cm³/mol.